The summed E-state index contributed by atoms with van der Waals surface area (Å²) in [6.07, 6.45) is -1.43. The fourth-order valence-corrected chi connectivity index (χ4v) is 0.891. The van der Waals surface area contributed by atoms with Crippen molar-refractivity contribution in [3.63, 3.8) is 0 Å². The fourth-order valence-electron chi connectivity index (χ4n) is 0.891. The monoisotopic (exact) mass is 199 g/mol. The van der Waals surface area contributed by atoms with Crippen molar-refractivity contribution in [3.05, 3.63) is 33.6 Å². The van der Waals surface area contributed by atoms with Gasteiger partial charge in [-0.3, -0.25) is 15.1 Å². The first-order chi connectivity index (χ1) is 6.57. The van der Waals surface area contributed by atoms with E-state index in [0.29, 0.717) is 0 Å². The number of nitriles is 1. The Morgan fingerprint density at radius 3 is 2.64 bits per heavy atom. The summed E-state index contributed by atoms with van der Waals surface area (Å²) in [7, 11) is 0. The summed E-state index contributed by atoms with van der Waals surface area (Å²) in [5.41, 5.74) is -2.06. The van der Waals surface area contributed by atoms with Gasteiger partial charge < -0.3 is 0 Å². The molecule has 5 nitrogen and oxygen atoms in total. The normalized spacial score (nSPS) is 9.86. The summed E-state index contributed by atoms with van der Waals surface area (Å²) in [5, 5.41) is 18.8. The van der Waals surface area contributed by atoms with Crippen LogP contribution in [0.3, 0.4) is 0 Å². The average molecular weight is 199 g/mol. The van der Waals surface area contributed by atoms with E-state index in [1.165, 1.54) is 6.07 Å². The Balaban J connectivity index is 3.42. The van der Waals surface area contributed by atoms with Gasteiger partial charge in [0, 0.05) is 6.20 Å². The molecule has 72 valence electrons. The van der Waals surface area contributed by atoms with Crippen molar-refractivity contribution >= 4 is 5.69 Å². The van der Waals surface area contributed by atoms with Gasteiger partial charge in [0.2, 0.25) is 0 Å². The van der Waals surface area contributed by atoms with Gasteiger partial charge in [0.25, 0.3) is 6.43 Å². The molecule has 1 aromatic heterocycles. The maximum Gasteiger partial charge on any atom is 0.305 e. The molecule has 1 aromatic rings. The second kappa shape index (κ2) is 3.74. The molecule has 0 unspecified atom stereocenters. The van der Waals surface area contributed by atoms with Crippen molar-refractivity contribution in [2.24, 2.45) is 0 Å². The Bertz CT molecular complexity index is 414. The van der Waals surface area contributed by atoms with E-state index in [4.69, 9.17) is 5.26 Å². The number of halogens is 2. The molecule has 0 aliphatic carbocycles. The molecule has 0 radical (unpaired) electrons. The first-order valence-corrected chi connectivity index (χ1v) is 3.38. The molecule has 0 amide bonds. The minimum Gasteiger partial charge on any atom is -0.258 e. The molecule has 1 rings (SSSR count). The Labute approximate surface area is 76.8 Å². The number of hydrogen-bond acceptors (Lipinski definition) is 4. The molecule has 1 heterocycles. The first kappa shape index (κ1) is 9.98. The zero-order valence-electron chi connectivity index (χ0n) is 6.65. The van der Waals surface area contributed by atoms with Crippen LogP contribution in [0.2, 0.25) is 0 Å². The highest BCUT2D eigenvalue weighted by molar-refractivity contribution is 5.51. The number of hydrogen-bond donors (Lipinski definition) is 0. The number of nitro groups is 1. The van der Waals surface area contributed by atoms with E-state index in [1.807, 2.05) is 0 Å². The van der Waals surface area contributed by atoms with Gasteiger partial charge in [-0.25, -0.2) is 8.78 Å². The summed E-state index contributed by atoms with van der Waals surface area (Å²) >= 11 is 0. The Morgan fingerprint density at radius 2 is 2.21 bits per heavy atom. The van der Waals surface area contributed by atoms with Crippen molar-refractivity contribution < 1.29 is 13.7 Å². The van der Waals surface area contributed by atoms with Gasteiger partial charge in [-0.1, -0.05) is 0 Å². The Kier molecular flexibility index (Phi) is 2.67. The van der Waals surface area contributed by atoms with Crippen LogP contribution >= 0.6 is 0 Å². The van der Waals surface area contributed by atoms with Gasteiger partial charge in [0.1, 0.15) is 17.8 Å². The number of aromatic nitrogens is 1. The van der Waals surface area contributed by atoms with Crippen molar-refractivity contribution in [2.45, 2.75) is 6.43 Å². The number of alkyl halides is 2. The number of nitrogens with zero attached hydrogens (tertiary/aromatic N) is 3. The quantitative estimate of drug-likeness (QED) is 0.537. The first-order valence-electron chi connectivity index (χ1n) is 3.38. The molecule has 0 saturated heterocycles. The van der Waals surface area contributed by atoms with Crippen LogP contribution in [0.15, 0.2) is 12.4 Å². The van der Waals surface area contributed by atoms with E-state index in [1.54, 1.807) is 0 Å². The summed E-state index contributed by atoms with van der Waals surface area (Å²) in [4.78, 5) is 12.7. The highest BCUT2D eigenvalue weighted by atomic mass is 19.3. The second-order valence-electron chi connectivity index (χ2n) is 2.29. The smallest absolute Gasteiger partial charge is 0.258 e. The molecule has 0 bridgehead atoms. The summed E-state index contributed by atoms with van der Waals surface area (Å²) < 4.78 is 24.5. The molecule has 0 atom stereocenters. The van der Waals surface area contributed by atoms with Crippen LogP contribution in [0.5, 0.6) is 0 Å². The molecule has 0 saturated carbocycles. The average Bonchev–Trinajstić information content (AvgIpc) is 2.16. The van der Waals surface area contributed by atoms with Gasteiger partial charge >= 0.3 is 5.69 Å². The maximum atomic E-state index is 12.2. The van der Waals surface area contributed by atoms with E-state index in [9.17, 15) is 18.9 Å². The molecule has 14 heavy (non-hydrogen) atoms. The minimum absolute atomic E-state index is 0.639. The van der Waals surface area contributed by atoms with Gasteiger partial charge in [-0.15, -0.1) is 0 Å². The lowest BCUT2D eigenvalue weighted by molar-refractivity contribution is -0.385. The van der Waals surface area contributed by atoms with Crippen LogP contribution in [0.1, 0.15) is 17.6 Å². The molecule has 0 fully saturated rings. The third-order valence-corrected chi connectivity index (χ3v) is 1.50. The molecule has 0 aliphatic heterocycles. The van der Waals surface area contributed by atoms with Crippen LogP contribution in [0.4, 0.5) is 14.5 Å². The third kappa shape index (κ3) is 1.64. The molecular formula is C7H3F2N3O2. The largest absolute Gasteiger partial charge is 0.305 e. The maximum absolute atomic E-state index is 12.2. The van der Waals surface area contributed by atoms with E-state index in [-0.39, 0.29) is 0 Å². The zero-order valence-corrected chi connectivity index (χ0v) is 6.65. The van der Waals surface area contributed by atoms with E-state index < -0.39 is 28.2 Å². The predicted octanol–water partition coefficient (Wildman–Crippen LogP) is 1.80. The van der Waals surface area contributed by atoms with Crippen LogP contribution in [0.25, 0.3) is 0 Å². The van der Waals surface area contributed by atoms with Gasteiger partial charge in [-0.05, 0) is 0 Å². The minimum atomic E-state index is -2.95. The van der Waals surface area contributed by atoms with Gasteiger partial charge in [-0.2, -0.15) is 5.26 Å². The molecule has 0 N–H and O–H groups in total. The van der Waals surface area contributed by atoms with Crippen LogP contribution in [-0.4, -0.2) is 9.91 Å². The topological polar surface area (TPSA) is 79.8 Å². The van der Waals surface area contributed by atoms with Crippen molar-refractivity contribution in [1.29, 1.82) is 5.26 Å². The lowest BCUT2D eigenvalue weighted by Gasteiger charge is -2.00. The Morgan fingerprint density at radius 1 is 1.57 bits per heavy atom. The molecule has 0 aromatic carbocycles. The molecule has 0 aliphatic rings. The van der Waals surface area contributed by atoms with Crippen LogP contribution in [-0.2, 0) is 0 Å². The fraction of sp³-hybridized carbons (Fsp3) is 0.143. The SMILES string of the molecule is N#Cc1c(C(F)F)cncc1[N+](=O)[O-]. The predicted molar refractivity (Wildman–Crippen MR) is 40.6 cm³/mol. The van der Waals surface area contributed by atoms with Crippen LogP contribution in [0, 0.1) is 21.4 Å². The second-order valence-corrected chi connectivity index (χ2v) is 2.29. The number of pyridine rings is 1. The lowest BCUT2D eigenvalue weighted by atomic mass is 10.1. The molecule has 0 spiro atoms. The summed E-state index contributed by atoms with van der Waals surface area (Å²) in [6, 6.07) is 1.37. The van der Waals surface area contributed by atoms with E-state index >= 15 is 0 Å². The lowest BCUT2D eigenvalue weighted by Crippen LogP contribution is -1.99. The standard InChI is InChI=1S/C7H3F2N3O2/c8-7(9)5-2-11-3-6(12(13)14)4(5)1-10/h2-3,7H. The summed E-state index contributed by atoms with van der Waals surface area (Å²) in [5.74, 6) is 0. The summed E-state index contributed by atoms with van der Waals surface area (Å²) in [6.45, 7) is 0. The molecule has 7 heteroatoms. The number of rotatable bonds is 2. The Hall–Kier alpha value is -2.10. The van der Waals surface area contributed by atoms with E-state index in [2.05, 4.69) is 4.98 Å². The molecular weight excluding hydrogens is 196 g/mol. The van der Waals surface area contributed by atoms with Crippen LogP contribution < -0.4 is 0 Å². The zero-order chi connectivity index (χ0) is 10.7. The van der Waals surface area contributed by atoms with Gasteiger partial charge in [0.15, 0.2) is 0 Å². The van der Waals surface area contributed by atoms with Crippen molar-refractivity contribution in [2.75, 3.05) is 0 Å². The van der Waals surface area contributed by atoms with Crippen molar-refractivity contribution in [1.82, 2.24) is 4.98 Å². The van der Waals surface area contributed by atoms with E-state index in [0.717, 1.165) is 12.4 Å². The third-order valence-electron chi connectivity index (χ3n) is 1.50. The highest BCUT2D eigenvalue weighted by Gasteiger charge is 2.22. The van der Waals surface area contributed by atoms with Gasteiger partial charge in [0.05, 0.1) is 10.5 Å². The van der Waals surface area contributed by atoms with Crippen molar-refractivity contribution in [3.8, 4) is 6.07 Å². The highest BCUT2D eigenvalue weighted by Crippen LogP contribution is 2.27.